The maximum absolute atomic E-state index is 13.8. The van der Waals surface area contributed by atoms with Gasteiger partial charge in [-0.25, -0.2) is 0 Å². The Hall–Kier alpha value is -3.02. The van der Waals surface area contributed by atoms with Gasteiger partial charge in [0.25, 0.3) is 5.91 Å². The third kappa shape index (κ3) is 7.98. The number of halogens is 2. The minimum atomic E-state index is -0.720. The molecule has 1 N–H and O–H groups in total. The molecular formula is C30H32Cl2N2O3. The zero-order valence-corrected chi connectivity index (χ0v) is 22.3. The van der Waals surface area contributed by atoms with Crippen molar-refractivity contribution in [1.82, 2.24) is 10.2 Å². The first-order valence-corrected chi connectivity index (χ1v) is 13.5. The minimum Gasteiger partial charge on any atom is -0.484 e. The number of carbonyl (C=O) groups excluding carboxylic acids is 2. The van der Waals surface area contributed by atoms with E-state index in [4.69, 9.17) is 27.9 Å². The molecule has 0 aromatic heterocycles. The highest BCUT2D eigenvalue weighted by atomic mass is 35.5. The van der Waals surface area contributed by atoms with Crippen LogP contribution in [0.25, 0.3) is 0 Å². The van der Waals surface area contributed by atoms with Gasteiger partial charge in [0.15, 0.2) is 6.61 Å². The lowest BCUT2D eigenvalue weighted by Gasteiger charge is -2.33. The molecule has 1 atom stereocenters. The van der Waals surface area contributed by atoms with Crippen LogP contribution in [0.2, 0.25) is 10.0 Å². The molecule has 1 saturated carbocycles. The number of hydrogen-bond acceptors (Lipinski definition) is 3. The summed E-state index contributed by atoms with van der Waals surface area (Å²) in [4.78, 5) is 29.0. The number of ether oxygens (including phenoxy) is 1. The van der Waals surface area contributed by atoms with Gasteiger partial charge >= 0.3 is 0 Å². The summed E-state index contributed by atoms with van der Waals surface area (Å²) in [7, 11) is 0. The lowest BCUT2D eigenvalue weighted by Crippen LogP contribution is -2.53. The molecule has 0 aliphatic heterocycles. The summed E-state index contributed by atoms with van der Waals surface area (Å²) >= 11 is 12.5. The largest absolute Gasteiger partial charge is 0.484 e. The van der Waals surface area contributed by atoms with Crippen LogP contribution >= 0.6 is 23.2 Å². The fourth-order valence-corrected chi connectivity index (χ4v) is 4.99. The number of nitrogens with zero attached hydrogens (tertiary/aromatic N) is 1. The van der Waals surface area contributed by atoms with E-state index in [1.807, 2.05) is 48.5 Å². The normalized spacial score (nSPS) is 14.5. The van der Waals surface area contributed by atoms with Crippen LogP contribution in [-0.2, 0) is 22.6 Å². The molecule has 1 aliphatic rings. The smallest absolute Gasteiger partial charge is 0.261 e. The molecule has 0 saturated heterocycles. The second-order valence-corrected chi connectivity index (χ2v) is 10.2. The van der Waals surface area contributed by atoms with Gasteiger partial charge in [0.2, 0.25) is 5.91 Å². The van der Waals surface area contributed by atoms with Gasteiger partial charge in [0.05, 0.1) is 0 Å². The molecule has 3 aromatic carbocycles. The molecule has 37 heavy (non-hydrogen) atoms. The van der Waals surface area contributed by atoms with Crippen molar-refractivity contribution >= 4 is 35.0 Å². The predicted octanol–water partition coefficient (Wildman–Crippen LogP) is 6.46. The molecule has 1 unspecified atom stereocenters. The summed E-state index contributed by atoms with van der Waals surface area (Å²) in [5, 5.41) is 4.36. The second-order valence-electron chi connectivity index (χ2n) is 9.40. The Labute approximate surface area is 228 Å². The van der Waals surface area contributed by atoms with Crippen LogP contribution in [0, 0.1) is 0 Å². The number of nitrogens with one attached hydrogen (secondary N) is 1. The summed E-state index contributed by atoms with van der Waals surface area (Å²) in [6.45, 7) is -0.0217. The average molecular weight is 540 g/mol. The van der Waals surface area contributed by atoms with Crippen LogP contribution in [0.3, 0.4) is 0 Å². The molecule has 2 amide bonds. The summed E-state index contributed by atoms with van der Waals surface area (Å²) in [5.41, 5.74) is 1.74. The quantitative estimate of drug-likeness (QED) is 0.322. The van der Waals surface area contributed by atoms with Crippen molar-refractivity contribution in [2.75, 3.05) is 6.61 Å². The van der Waals surface area contributed by atoms with Crippen molar-refractivity contribution in [2.24, 2.45) is 0 Å². The highest BCUT2D eigenvalue weighted by Crippen LogP contribution is 2.23. The van der Waals surface area contributed by atoms with E-state index >= 15 is 0 Å². The first-order valence-electron chi connectivity index (χ1n) is 12.7. The van der Waals surface area contributed by atoms with Gasteiger partial charge in [-0.1, -0.05) is 91.0 Å². The molecule has 0 heterocycles. The molecule has 1 aliphatic carbocycles. The summed E-state index contributed by atoms with van der Waals surface area (Å²) < 4.78 is 5.79. The monoisotopic (exact) mass is 538 g/mol. The molecule has 0 spiro atoms. The average Bonchev–Trinajstić information content (AvgIpc) is 2.92. The van der Waals surface area contributed by atoms with Gasteiger partial charge in [-0.15, -0.1) is 0 Å². The van der Waals surface area contributed by atoms with Crippen LogP contribution in [0.15, 0.2) is 78.9 Å². The van der Waals surface area contributed by atoms with Crippen LogP contribution in [-0.4, -0.2) is 35.4 Å². The maximum Gasteiger partial charge on any atom is 0.261 e. The van der Waals surface area contributed by atoms with Crippen molar-refractivity contribution in [2.45, 2.75) is 57.2 Å². The van der Waals surface area contributed by atoms with E-state index in [1.54, 1.807) is 35.2 Å². The van der Waals surface area contributed by atoms with Gasteiger partial charge in [-0.2, -0.15) is 0 Å². The number of benzene rings is 3. The lowest BCUT2D eigenvalue weighted by molar-refractivity contribution is -0.143. The molecule has 1 fully saturated rings. The number of rotatable bonds is 10. The van der Waals surface area contributed by atoms with Crippen molar-refractivity contribution in [3.8, 4) is 5.75 Å². The van der Waals surface area contributed by atoms with E-state index in [9.17, 15) is 9.59 Å². The van der Waals surface area contributed by atoms with Gasteiger partial charge in [-0.05, 0) is 54.3 Å². The highest BCUT2D eigenvalue weighted by molar-refractivity contribution is 6.31. The predicted molar refractivity (Wildman–Crippen MR) is 148 cm³/mol. The number of amides is 2. The topological polar surface area (TPSA) is 58.6 Å². The SMILES string of the molecule is O=C(NC1CCCCC1)C(Cc1ccccc1)N(Cc1ccccc1Cl)C(=O)COc1ccc(Cl)cc1. The molecular weight excluding hydrogens is 507 g/mol. The second kappa shape index (κ2) is 13.5. The standard InChI is InChI=1S/C30H32Cl2N2O3/c31-24-15-17-26(18-16-24)37-21-29(35)34(20-23-11-7-8-14-27(23)32)28(19-22-9-3-1-4-10-22)30(36)33-25-12-5-2-6-13-25/h1,3-4,7-11,14-18,25,28H,2,5-6,12-13,19-21H2,(H,33,36). The van der Waals surface area contributed by atoms with E-state index < -0.39 is 6.04 Å². The Morgan fingerprint density at radius 1 is 0.892 bits per heavy atom. The number of hydrogen-bond donors (Lipinski definition) is 1. The summed E-state index contributed by atoms with van der Waals surface area (Å²) in [6, 6.07) is 23.4. The Morgan fingerprint density at radius 2 is 1.57 bits per heavy atom. The van der Waals surface area contributed by atoms with Crippen LogP contribution < -0.4 is 10.1 Å². The fraction of sp³-hybridized carbons (Fsp3) is 0.333. The maximum atomic E-state index is 13.8. The first kappa shape index (κ1) is 27.0. The van der Waals surface area contributed by atoms with Crippen molar-refractivity contribution < 1.29 is 14.3 Å². The van der Waals surface area contributed by atoms with Gasteiger partial charge in [0, 0.05) is 29.1 Å². The minimum absolute atomic E-state index is 0.127. The Morgan fingerprint density at radius 3 is 2.27 bits per heavy atom. The van der Waals surface area contributed by atoms with Gasteiger partial charge in [0.1, 0.15) is 11.8 Å². The van der Waals surface area contributed by atoms with Crippen LogP contribution in [0.1, 0.15) is 43.2 Å². The van der Waals surface area contributed by atoms with E-state index in [-0.39, 0.29) is 31.0 Å². The third-order valence-electron chi connectivity index (χ3n) is 6.70. The zero-order chi connectivity index (χ0) is 26.0. The Kier molecular flexibility index (Phi) is 9.86. The Bertz CT molecular complexity index is 1160. The lowest BCUT2D eigenvalue weighted by atomic mass is 9.94. The summed E-state index contributed by atoms with van der Waals surface area (Å²) in [6.07, 6.45) is 5.70. The fourth-order valence-electron chi connectivity index (χ4n) is 4.67. The van der Waals surface area contributed by atoms with E-state index in [2.05, 4.69) is 5.32 Å². The summed E-state index contributed by atoms with van der Waals surface area (Å²) in [5.74, 6) is 0.0824. The van der Waals surface area contributed by atoms with Crippen molar-refractivity contribution in [3.05, 3.63) is 100 Å². The van der Waals surface area contributed by atoms with E-state index in [0.29, 0.717) is 22.2 Å². The number of carbonyl (C=O) groups is 2. The van der Waals surface area contributed by atoms with Crippen LogP contribution in [0.5, 0.6) is 5.75 Å². The molecule has 3 aromatic rings. The third-order valence-corrected chi connectivity index (χ3v) is 7.32. The van der Waals surface area contributed by atoms with E-state index in [1.165, 1.54) is 6.42 Å². The van der Waals surface area contributed by atoms with Crippen molar-refractivity contribution in [1.29, 1.82) is 0 Å². The van der Waals surface area contributed by atoms with Gasteiger partial charge in [-0.3, -0.25) is 9.59 Å². The Balaban J connectivity index is 1.61. The van der Waals surface area contributed by atoms with Crippen molar-refractivity contribution in [3.63, 3.8) is 0 Å². The molecule has 5 nitrogen and oxygen atoms in total. The first-order chi connectivity index (χ1) is 18.0. The molecule has 194 valence electrons. The highest BCUT2D eigenvalue weighted by Gasteiger charge is 2.32. The van der Waals surface area contributed by atoms with Gasteiger partial charge < -0.3 is 15.0 Å². The van der Waals surface area contributed by atoms with E-state index in [0.717, 1.165) is 36.8 Å². The molecule has 7 heteroatoms. The molecule has 0 bridgehead atoms. The zero-order valence-electron chi connectivity index (χ0n) is 20.7. The molecule has 0 radical (unpaired) electrons. The van der Waals surface area contributed by atoms with Crippen LogP contribution in [0.4, 0.5) is 0 Å². The molecule has 4 rings (SSSR count).